The van der Waals surface area contributed by atoms with Crippen molar-refractivity contribution < 1.29 is 0 Å². The molecule has 0 saturated heterocycles. The van der Waals surface area contributed by atoms with Crippen LogP contribution in [0.25, 0.3) is 13.2 Å². The van der Waals surface area contributed by atoms with Gasteiger partial charge in [-0.15, -0.1) is 11.3 Å². The zero-order valence-electron chi connectivity index (χ0n) is 4.90. The first kappa shape index (κ1) is 5.57. The maximum atomic E-state index is 3.83. The number of thiophene rings is 1. The van der Waals surface area contributed by atoms with Crippen molar-refractivity contribution in [1.82, 2.24) is 0 Å². The van der Waals surface area contributed by atoms with Crippen LogP contribution in [0.5, 0.6) is 0 Å². The highest BCUT2D eigenvalue weighted by molar-refractivity contribution is 7.07. The summed E-state index contributed by atoms with van der Waals surface area (Å²) < 4.78 is 1.09. The first-order chi connectivity index (χ1) is 3.72. The van der Waals surface area contributed by atoms with Gasteiger partial charge in [0.25, 0.3) is 0 Å². The molecular weight excluding hydrogens is 116 g/mol. The third-order valence-corrected chi connectivity index (χ3v) is 2.19. The Hall–Kier alpha value is -0.560. The summed E-state index contributed by atoms with van der Waals surface area (Å²) in [7, 11) is 0. The molecule has 1 heterocycles. The standard InChI is InChI=1S/C7H8S/c1-5-4-8-7(3)6(5)2/h4H,2-3H2,1H3. The van der Waals surface area contributed by atoms with Crippen LogP contribution >= 0.6 is 11.3 Å². The van der Waals surface area contributed by atoms with Crippen molar-refractivity contribution in [2.24, 2.45) is 0 Å². The van der Waals surface area contributed by atoms with Gasteiger partial charge in [0.2, 0.25) is 0 Å². The molecule has 0 unspecified atom stereocenters. The summed E-state index contributed by atoms with van der Waals surface area (Å²) in [5, 5.41) is 3.17. The van der Waals surface area contributed by atoms with E-state index in [0.29, 0.717) is 0 Å². The second-order valence-corrected chi connectivity index (χ2v) is 2.78. The van der Waals surface area contributed by atoms with Crippen LogP contribution in [0, 0.1) is 6.92 Å². The molecule has 0 fully saturated rings. The van der Waals surface area contributed by atoms with Crippen molar-refractivity contribution in [1.29, 1.82) is 0 Å². The molecule has 0 aliphatic heterocycles. The maximum absolute atomic E-state index is 3.83. The van der Waals surface area contributed by atoms with Crippen LogP contribution < -0.4 is 9.75 Å². The van der Waals surface area contributed by atoms with Gasteiger partial charge >= 0.3 is 0 Å². The largest absolute Gasteiger partial charge is 0.144 e. The second kappa shape index (κ2) is 1.75. The molecule has 1 rings (SSSR count). The van der Waals surface area contributed by atoms with E-state index in [-0.39, 0.29) is 0 Å². The number of rotatable bonds is 0. The molecule has 0 amide bonds. The third-order valence-electron chi connectivity index (χ3n) is 1.19. The second-order valence-electron chi connectivity index (χ2n) is 1.82. The first-order valence-electron chi connectivity index (χ1n) is 2.44. The predicted octanol–water partition coefficient (Wildman–Crippen LogP) is 0.877. The van der Waals surface area contributed by atoms with Gasteiger partial charge in [0.1, 0.15) is 0 Å². The van der Waals surface area contributed by atoms with Gasteiger partial charge in [-0.1, -0.05) is 13.2 Å². The van der Waals surface area contributed by atoms with E-state index in [2.05, 4.69) is 18.5 Å². The van der Waals surface area contributed by atoms with E-state index in [1.807, 2.05) is 6.92 Å². The minimum Gasteiger partial charge on any atom is -0.144 e. The Morgan fingerprint density at radius 2 is 2.12 bits per heavy atom. The molecule has 0 atom stereocenters. The average molecular weight is 124 g/mol. The molecule has 0 saturated carbocycles. The molecule has 0 bridgehead atoms. The van der Waals surface area contributed by atoms with Gasteiger partial charge in [-0.25, -0.2) is 0 Å². The molecule has 42 valence electrons. The Morgan fingerprint density at radius 3 is 2.25 bits per heavy atom. The van der Waals surface area contributed by atoms with Gasteiger partial charge in [0, 0.05) is 4.53 Å². The summed E-state index contributed by atoms with van der Waals surface area (Å²) in [6.45, 7) is 9.67. The molecule has 0 spiro atoms. The summed E-state index contributed by atoms with van der Waals surface area (Å²) >= 11 is 1.66. The van der Waals surface area contributed by atoms with Crippen molar-refractivity contribution in [3.8, 4) is 0 Å². The zero-order valence-corrected chi connectivity index (χ0v) is 5.72. The lowest BCUT2D eigenvalue weighted by Crippen LogP contribution is -2.15. The topological polar surface area (TPSA) is 0 Å². The molecule has 1 heteroatoms. The minimum absolute atomic E-state index is 1.09. The maximum Gasteiger partial charge on any atom is 0.0267 e. The summed E-state index contributed by atoms with van der Waals surface area (Å²) in [5.74, 6) is 0. The summed E-state index contributed by atoms with van der Waals surface area (Å²) in [6.07, 6.45) is 0. The lowest BCUT2D eigenvalue weighted by Gasteiger charge is -1.72. The molecule has 0 N–H and O–H groups in total. The summed E-state index contributed by atoms with van der Waals surface area (Å²) in [4.78, 5) is 0. The van der Waals surface area contributed by atoms with Crippen molar-refractivity contribution >= 4 is 24.5 Å². The Kier molecular flexibility index (Phi) is 1.22. The minimum atomic E-state index is 1.09. The van der Waals surface area contributed by atoms with Crippen LogP contribution in [0.1, 0.15) is 5.56 Å². The summed E-state index contributed by atoms with van der Waals surface area (Å²) in [6, 6.07) is 0. The smallest absolute Gasteiger partial charge is 0.0267 e. The van der Waals surface area contributed by atoms with Gasteiger partial charge in [-0.2, -0.15) is 0 Å². The van der Waals surface area contributed by atoms with E-state index < -0.39 is 0 Å². The van der Waals surface area contributed by atoms with Crippen molar-refractivity contribution in [2.75, 3.05) is 0 Å². The Balaban J connectivity index is 3.66. The van der Waals surface area contributed by atoms with E-state index >= 15 is 0 Å². The van der Waals surface area contributed by atoms with Gasteiger partial charge < -0.3 is 0 Å². The first-order valence-corrected chi connectivity index (χ1v) is 3.32. The zero-order chi connectivity index (χ0) is 6.15. The number of hydrogen-bond donors (Lipinski definition) is 0. The Labute approximate surface area is 52.8 Å². The molecular formula is C7H8S. The van der Waals surface area contributed by atoms with E-state index in [4.69, 9.17) is 0 Å². The Bertz CT molecular complexity index is 269. The van der Waals surface area contributed by atoms with Gasteiger partial charge in [-0.3, -0.25) is 0 Å². The van der Waals surface area contributed by atoms with E-state index in [9.17, 15) is 0 Å². The monoisotopic (exact) mass is 124 g/mol. The van der Waals surface area contributed by atoms with E-state index in [1.165, 1.54) is 5.56 Å². The molecule has 0 radical (unpaired) electrons. The molecule has 0 aliphatic rings. The quantitative estimate of drug-likeness (QED) is 0.481. The average Bonchev–Trinajstić information content (AvgIpc) is 1.98. The van der Waals surface area contributed by atoms with Gasteiger partial charge in [0.05, 0.1) is 0 Å². The SMILES string of the molecule is C=c1scc(C)c1=C. The fourth-order valence-electron chi connectivity index (χ4n) is 0.522. The van der Waals surface area contributed by atoms with Crippen LogP contribution in [-0.4, -0.2) is 0 Å². The van der Waals surface area contributed by atoms with Crippen molar-refractivity contribution in [3.05, 3.63) is 20.7 Å². The van der Waals surface area contributed by atoms with Crippen LogP contribution in [0.4, 0.5) is 0 Å². The van der Waals surface area contributed by atoms with Gasteiger partial charge in [-0.05, 0) is 23.1 Å². The lowest BCUT2D eigenvalue weighted by atomic mass is 10.3. The van der Waals surface area contributed by atoms with E-state index in [0.717, 1.165) is 9.75 Å². The number of aryl methyl sites for hydroxylation is 1. The molecule has 0 aliphatic carbocycles. The van der Waals surface area contributed by atoms with Gasteiger partial charge in [0.15, 0.2) is 0 Å². The molecule has 8 heavy (non-hydrogen) atoms. The van der Waals surface area contributed by atoms with Crippen LogP contribution in [-0.2, 0) is 0 Å². The van der Waals surface area contributed by atoms with E-state index in [1.54, 1.807) is 11.3 Å². The highest BCUT2D eigenvalue weighted by atomic mass is 32.1. The molecule has 0 aromatic carbocycles. The Morgan fingerprint density at radius 1 is 1.50 bits per heavy atom. The lowest BCUT2D eigenvalue weighted by molar-refractivity contribution is 1.48. The fourth-order valence-corrected chi connectivity index (χ4v) is 1.29. The van der Waals surface area contributed by atoms with Crippen LogP contribution in [0.15, 0.2) is 5.38 Å². The molecule has 1 aromatic heterocycles. The number of hydrogen-bond acceptors (Lipinski definition) is 1. The highest BCUT2D eigenvalue weighted by Gasteiger charge is 1.85. The normalized spacial score (nSPS) is 9.62. The van der Waals surface area contributed by atoms with Crippen LogP contribution in [0.2, 0.25) is 0 Å². The predicted molar refractivity (Wildman–Crippen MR) is 39.4 cm³/mol. The third kappa shape index (κ3) is 0.693. The summed E-state index contributed by atoms with van der Waals surface area (Å²) in [5.41, 5.74) is 1.25. The van der Waals surface area contributed by atoms with Crippen molar-refractivity contribution in [3.63, 3.8) is 0 Å². The molecule has 1 aromatic rings. The highest BCUT2D eigenvalue weighted by Crippen LogP contribution is 1.87. The van der Waals surface area contributed by atoms with Crippen LogP contribution in [0.3, 0.4) is 0 Å². The fraction of sp³-hybridized carbons (Fsp3) is 0.143. The molecule has 0 nitrogen and oxygen atoms in total. The van der Waals surface area contributed by atoms with Crippen molar-refractivity contribution in [2.45, 2.75) is 6.92 Å².